The van der Waals surface area contributed by atoms with Gasteiger partial charge in [0.25, 0.3) is 10.0 Å². The van der Waals surface area contributed by atoms with Gasteiger partial charge in [-0.15, -0.1) is 0 Å². The van der Waals surface area contributed by atoms with E-state index in [1.54, 1.807) is 22.1 Å². The standard InChI is InChI=1S/C11H20N4O2S/c1-12-6-10-4-3-5-15(7-10)18(16,17)11-8-14(2)9-13-11/h8-10,12H,3-7H2,1-2H3. The highest BCUT2D eigenvalue weighted by molar-refractivity contribution is 7.89. The van der Waals surface area contributed by atoms with E-state index in [4.69, 9.17) is 0 Å². The van der Waals surface area contributed by atoms with E-state index in [2.05, 4.69) is 10.3 Å². The Bertz CT molecular complexity index is 495. The normalized spacial score (nSPS) is 22.2. The van der Waals surface area contributed by atoms with Crippen LogP contribution < -0.4 is 5.32 Å². The molecular weight excluding hydrogens is 252 g/mol. The first-order chi connectivity index (χ1) is 8.54. The Morgan fingerprint density at radius 2 is 2.33 bits per heavy atom. The van der Waals surface area contributed by atoms with Gasteiger partial charge in [-0.3, -0.25) is 0 Å². The second kappa shape index (κ2) is 5.38. The van der Waals surface area contributed by atoms with Crippen LogP contribution in [-0.2, 0) is 17.1 Å². The van der Waals surface area contributed by atoms with Crippen LogP contribution in [0.25, 0.3) is 0 Å². The first-order valence-corrected chi connectivity index (χ1v) is 7.60. The number of hydrogen-bond acceptors (Lipinski definition) is 4. The second-order valence-corrected chi connectivity index (χ2v) is 6.69. The number of nitrogens with zero attached hydrogens (tertiary/aromatic N) is 3. The van der Waals surface area contributed by atoms with Gasteiger partial charge in [-0.05, 0) is 32.4 Å². The van der Waals surface area contributed by atoms with Crippen molar-refractivity contribution in [1.29, 1.82) is 0 Å². The fourth-order valence-electron chi connectivity index (χ4n) is 2.35. The third kappa shape index (κ3) is 2.73. The first kappa shape index (κ1) is 13.5. The quantitative estimate of drug-likeness (QED) is 0.840. The Morgan fingerprint density at radius 3 is 2.94 bits per heavy atom. The predicted molar refractivity (Wildman–Crippen MR) is 68.6 cm³/mol. The van der Waals surface area contributed by atoms with E-state index in [1.165, 1.54) is 6.33 Å². The Balaban J connectivity index is 2.15. The Labute approximate surface area is 108 Å². The van der Waals surface area contributed by atoms with Crippen molar-refractivity contribution in [2.45, 2.75) is 17.9 Å². The Morgan fingerprint density at radius 1 is 1.56 bits per heavy atom. The van der Waals surface area contributed by atoms with Gasteiger partial charge in [0.15, 0.2) is 5.03 Å². The summed E-state index contributed by atoms with van der Waals surface area (Å²) >= 11 is 0. The van der Waals surface area contributed by atoms with Crippen LogP contribution in [0.1, 0.15) is 12.8 Å². The maximum absolute atomic E-state index is 12.4. The molecule has 0 radical (unpaired) electrons. The van der Waals surface area contributed by atoms with E-state index >= 15 is 0 Å². The van der Waals surface area contributed by atoms with Crippen molar-refractivity contribution in [3.63, 3.8) is 0 Å². The van der Waals surface area contributed by atoms with Gasteiger partial charge in [-0.25, -0.2) is 13.4 Å². The summed E-state index contributed by atoms with van der Waals surface area (Å²) < 4.78 is 28.0. The fraction of sp³-hybridized carbons (Fsp3) is 0.727. The third-order valence-corrected chi connectivity index (χ3v) is 5.01. The summed E-state index contributed by atoms with van der Waals surface area (Å²) in [4.78, 5) is 3.95. The molecule has 0 bridgehead atoms. The molecule has 2 rings (SSSR count). The number of aromatic nitrogens is 2. The maximum atomic E-state index is 12.4. The topological polar surface area (TPSA) is 67.2 Å². The minimum Gasteiger partial charge on any atom is -0.339 e. The number of rotatable bonds is 4. The zero-order valence-corrected chi connectivity index (χ0v) is 11.7. The zero-order chi connectivity index (χ0) is 13.2. The largest absolute Gasteiger partial charge is 0.339 e. The summed E-state index contributed by atoms with van der Waals surface area (Å²) in [7, 11) is 0.246. The lowest BCUT2D eigenvalue weighted by atomic mass is 10.00. The van der Waals surface area contributed by atoms with Gasteiger partial charge in [0.2, 0.25) is 0 Å². The number of aryl methyl sites for hydroxylation is 1. The molecule has 0 aromatic carbocycles. The predicted octanol–water partition coefficient (Wildman–Crippen LogP) is 0.0402. The zero-order valence-electron chi connectivity index (χ0n) is 10.8. The van der Waals surface area contributed by atoms with Gasteiger partial charge in [-0.2, -0.15) is 4.31 Å². The molecule has 0 saturated carbocycles. The maximum Gasteiger partial charge on any atom is 0.262 e. The molecule has 102 valence electrons. The fourth-order valence-corrected chi connectivity index (χ4v) is 3.88. The molecule has 18 heavy (non-hydrogen) atoms. The molecule has 1 atom stereocenters. The lowest BCUT2D eigenvalue weighted by molar-refractivity contribution is 0.263. The molecule has 1 aliphatic heterocycles. The number of nitrogens with one attached hydrogen (secondary N) is 1. The van der Waals surface area contributed by atoms with Gasteiger partial charge < -0.3 is 9.88 Å². The summed E-state index contributed by atoms with van der Waals surface area (Å²) in [6, 6.07) is 0. The third-order valence-electron chi connectivity index (χ3n) is 3.26. The van der Waals surface area contributed by atoms with Crippen LogP contribution in [0.3, 0.4) is 0 Å². The number of imidazole rings is 1. The molecule has 1 aromatic rings. The minimum atomic E-state index is -3.42. The molecule has 1 N–H and O–H groups in total. The number of sulfonamides is 1. The summed E-state index contributed by atoms with van der Waals surface area (Å²) in [5.41, 5.74) is 0. The van der Waals surface area contributed by atoms with Crippen LogP contribution >= 0.6 is 0 Å². The number of hydrogen-bond donors (Lipinski definition) is 1. The van der Waals surface area contributed by atoms with Crippen molar-refractivity contribution < 1.29 is 8.42 Å². The highest BCUT2D eigenvalue weighted by Crippen LogP contribution is 2.22. The SMILES string of the molecule is CNCC1CCCN(S(=O)(=O)c2cn(C)cn2)C1. The summed E-state index contributed by atoms with van der Waals surface area (Å²) in [6.07, 6.45) is 5.06. The average Bonchev–Trinajstić information content (AvgIpc) is 2.77. The van der Waals surface area contributed by atoms with E-state index in [-0.39, 0.29) is 5.03 Å². The molecule has 2 heterocycles. The average molecular weight is 272 g/mol. The smallest absolute Gasteiger partial charge is 0.262 e. The van der Waals surface area contributed by atoms with E-state index < -0.39 is 10.0 Å². The van der Waals surface area contributed by atoms with Crippen molar-refractivity contribution in [2.75, 3.05) is 26.7 Å². The van der Waals surface area contributed by atoms with Crippen molar-refractivity contribution >= 4 is 10.0 Å². The lowest BCUT2D eigenvalue weighted by Crippen LogP contribution is -2.42. The molecule has 1 aliphatic rings. The van der Waals surface area contributed by atoms with Crippen LogP contribution in [0.4, 0.5) is 0 Å². The molecule has 0 spiro atoms. The Hall–Kier alpha value is -0.920. The van der Waals surface area contributed by atoms with Gasteiger partial charge in [0, 0.05) is 26.3 Å². The molecule has 0 amide bonds. The monoisotopic (exact) mass is 272 g/mol. The molecular formula is C11H20N4O2S. The molecule has 7 heteroatoms. The van der Waals surface area contributed by atoms with Crippen molar-refractivity contribution in [1.82, 2.24) is 19.2 Å². The van der Waals surface area contributed by atoms with Crippen LogP contribution in [-0.4, -0.2) is 49.0 Å². The van der Waals surface area contributed by atoms with Crippen molar-refractivity contribution in [2.24, 2.45) is 13.0 Å². The van der Waals surface area contributed by atoms with Crippen LogP contribution in [0.15, 0.2) is 17.6 Å². The molecule has 6 nitrogen and oxygen atoms in total. The molecule has 1 aromatic heterocycles. The second-order valence-electron chi connectivity index (χ2n) is 4.81. The lowest BCUT2D eigenvalue weighted by Gasteiger charge is -2.31. The van der Waals surface area contributed by atoms with E-state index in [1.807, 2.05) is 7.05 Å². The molecule has 1 unspecified atom stereocenters. The number of piperidine rings is 1. The summed E-state index contributed by atoms with van der Waals surface area (Å²) in [5.74, 6) is 0.391. The summed E-state index contributed by atoms with van der Waals surface area (Å²) in [6.45, 7) is 2.03. The highest BCUT2D eigenvalue weighted by Gasteiger charge is 2.31. The van der Waals surface area contributed by atoms with Crippen molar-refractivity contribution in [3.05, 3.63) is 12.5 Å². The molecule has 0 aliphatic carbocycles. The van der Waals surface area contributed by atoms with E-state index in [0.717, 1.165) is 19.4 Å². The van der Waals surface area contributed by atoms with Gasteiger partial charge in [0.1, 0.15) is 0 Å². The van der Waals surface area contributed by atoms with E-state index in [9.17, 15) is 8.42 Å². The molecule has 1 saturated heterocycles. The summed E-state index contributed by atoms with van der Waals surface area (Å²) in [5, 5.41) is 3.26. The highest BCUT2D eigenvalue weighted by atomic mass is 32.2. The van der Waals surface area contributed by atoms with Gasteiger partial charge in [-0.1, -0.05) is 0 Å². The minimum absolute atomic E-state index is 0.148. The van der Waals surface area contributed by atoms with E-state index in [0.29, 0.717) is 19.0 Å². The first-order valence-electron chi connectivity index (χ1n) is 6.16. The van der Waals surface area contributed by atoms with Crippen molar-refractivity contribution in [3.8, 4) is 0 Å². The van der Waals surface area contributed by atoms with Crippen LogP contribution in [0.2, 0.25) is 0 Å². The van der Waals surface area contributed by atoms with Gasteiger partial charge in [0.05, 0.1) is 6.33 Å². The van der Waals surface area contributed by atoms with Gasteiger partial charge >= 0.3 is 0 Å². The Kier molecular flexibility index (Phi) is 4.04. The van der Waals surface area contributed by atoms with Crippen LogP contribution in [0.5, 0.6) is 0 Å². The molecule has 1 fully saturated rings. The van der Waals surface area contributed by atoms with Crippen LogP contribution in [0, 0.1) is 5.92 Å².